The molecule has 0 bridgehead atoms. The average Bonchev–Trinajstić information content (AvgIpc) is 1.64. The molecule has 0 spiro atoms. The summed E-state index contributed by atoms with van der Waals surface area (Å²) in [6.45, 7) is 20.9. The van der Waals surface area contributed by atoms with Gasteiger partial charge < -0.3 is 132 Å². The second kappa shape index (κ2) is 54.5. The highest BCUT2D eigenvalue weighted by atomic mass is 32.1. The number of aliphatic hydroxyl groups is 3. The van der Waals surface area contributed by atoms with Crippen molar-refractivity contribution in [3.8, 4) is 31.3 Å². The maximum atomic E-state index is 14.0. The number of aryl methyl sites for hydroxylation is 3. The number of unbranched alkanes of at least 4 members (excludes halogenated alkanes) is 2. The molecule has 3 aromatic carbocycles. The lowest BCUT2D eigenvalue weighted by Crippen LogP contribution is -2.59. The van der Waals surface area contributed by atoms with Gasteiger partial charge in [0.25, 0.3) is 0 Å². The van der Waals surface area contributed by atoms with E-state index in [0.717, 1.165) is 48.3 Å². The fourth-order valence-corrected chi connectivity index (χ4v) is 20.5. The number of hydrogen-bond acceptors (Lipinski definition) is 30. The highest BCUT2D eigenvalue weighted by Gasteiger charge is 2.50. The molecule has 0 radical (unpaired) electrons. The van der Waals surface area contributed by atoms with Crippen LogP contribution >= 0.6 is 34.0 Å². The third-order valence-electron chi connectivity index (χ3n) is 26.1. The quantitative estimate of drug-likeness (QED) is 0.0577. The van der Waals surface area contributed by atoms with Gasteiger partial charge in [0.1, 0.15) is 73.1 Å². The normalized spacial score (nSPS) is 25.6. The lowest BCUT2D eigenvalue weighted by atomic mass is 9.85. The number of nitrogens with one attached hydrogen (secondary N) is 15. The number of benzene rings is 3. The Hall–Kier alpha value is -13.2. The number of thiazole rings is 2. The smallest absolute Gasteiger partial charge is 0.247 e. The summed E-state index contributed by atoms with van der Waals surface area (Å²) in [7, 11) is 0. The second-order valence-electron chi connectivity index (χ2n) is 41.3. The number of ether oxygens (including phenoxy) is 1. The zero-order valence-corrected chi connectivity index (χ0v) is 89.2. The van der Waals surface area contributed by atoms with Gasteiger partial charge in [-0.2, -0.15) is 0 Å². The summed E-state index contributed by atoms with van der Waals surface area (Å²) >= 11 is 4.50. The van der Waals surface area contributed by atoms with Crippen LogP contribution in [0.3, 0.4) is 0 Å². The van der Waals surface area contributed by atoms with Gasteiger partial charge in [0, 0.05) is 81.8 Å². The molecule has 6 aromatic rings. The zero-order chi connectivity index (χ0) is 110. The van der Waals surface area contributed by atoms with E-state index in [-0.39, 0.29) is 71.4 Å². The van der Waals surface area contributed by atoms with Crippen molar-refractivity contribution in [1.29, 1.82) is 0 Å². The van der Waals surface area contributed by atoms with Crippen LogP contribution < -0.4 is 97.0 Å². The average molecular weight is 2140 g/mol. The highest BCUT2D eigenvalue weighted by molar-refractivity contribution is 7.14. The lowest BCUT2D eigenvalue weighted by molar-refractivity contribution is -0.145. The molecule has 6 saturated heterocycles. The molecular weight excluding hydrogens is 2000 g/mol. The van der Waals surface area contributed by atoms with E-state index in [1.54, 1.807) is 145 Å². The monoisotopic (exact) mass is 2140 g/mol. The first-order valence-corrected chi connectivity index (χ1v) is 52.7. The van der Waals surface area contributed by atoms with Crippen LogP contribution in [0.5, 0.6) is 0 Å². The van der Waals surface area contributed by atoms with Gasteiger partial charge >= 0.3 is 0 Å². The number of aromatic nitrogens is 2. The van der Waals surface area contributed by atoms with Crippen LogP contribution in [0, 0.1) is 37.0 Å². The maximum absolute atomic E-state index is 14.0. The molecule has 816 valence electrons. The SMILES string of the molecule is Cc1ccsc1-c1ccc([C@@H]2NC(=O)[C@@H]3C[C@@H](O)CN3C(=O)[C@H](C(C)(C)C)NC(=O)COCCNC(=O)[C@@H](CN)NC(=O)[C@H](C)NC2=O)cc1.Cc1ncsc1-c1ccc([C@@H]2NC(=O)[C@@H]3C[C@@H](O)CN3C(=O)[C@H](C(C)(C)C)NC(=O)CNC(=O)C[C@@H](CCCCN)NC(=O)CNC2=O)cc1.Cc1ncsc1-c1ccc([C@H]2NC(=O)[C@@H]3C[C@@H](O)CN3C(=O)[C@H](C(C)(C)C)NC(=O)CNC(=O)C[C@@H](CCCCN)NC(=O)CNC2=O)cc1. The Kier molecular flexibility index (Phi) is 43.1. The van der Waals surface area contributed by atoms with Crippen LogP contribution in [0.1, 0.15) is 192 Å². The summed E-state index contributed by atoms with van der Waals surface area (Å²) in [6, 6.07) is 8.89. The molecule has 12 rings (SSSR count). The van der Waals surface area contributed by atoms with Crippen molar-refractivity contribution >= 4 is 140 Å². The van der Waals surface area contributed by atoms with E-state index in [4.69, 9.17) is 21.9 Å². The van der Waals surface area contributed by atoms with Crippen LogP contribution in [0.4, 0.5) is 0 Å². The van der Waals surface area contributed by atoms with Gasteiger partial charge in [-0.05, 0) is 133 Å². The molecule has 24 N–H and O–H groups in total. The first-order valence-electron chi connectivity index (χ1n) is 50.1. The summed E-state index contributed by atoms with van der Waals surface area (Å²) in [5.41, 5.74) is 24.7. The Morgan fingerprint density at radius 2 is 0.733 bits per heavy atom. The molecule has 18 amide bonds. The maximum Gasteiger partial charge on any atom is 0.247 e. The Morgan fingerprint density at radius 1 is 0.380 bits per heavy atom. The molecule has 0 unspecified atom stereocenters. The Morgan fingerprint density at radius 3 is 1.07 bits per heavy atom. The van der Waals surface area contributed by atoms with E-state index < -0.39 is 252 Å². The lowest BCUT2D eigenvalue weighted by Gasteiger charge is -2.35. The van der Waals surface area contributed by atoms with Crippen molar-refractivity contribution in [3.63, 3.8) is 0 Å². The zero-order valence-electron chi connectivity index (χ0n) is 86.7. The molecule has 0 aliphatic carbocycles. The Balaban J connectivity index is 0.000000230. The van der Waals surface area contributed by atoms with Crippen LogP contribution in [0.25, 0.3) is 31.3 Å². The Bertz CT molecular complexity index is 5550. The summed E-state index contributed by atoms with van der Waals surface area (Å²) in [5.74, 6) is -11.2. The highest BCUT2D eigenvalue weighted by Crippen LogP contribution is 2.37. The van der Waals surface area contributed by atoms with Crippen LogP contribution in [0.2, 0.25) is 0 Å². The fraction of sp³-hybridized carbons (Fsp3) is 0.549. The number of carbonyl (C=O) groups excluding carboxylic acids is 18. The van der Waals surface area contributed by atoms with Crippen molar-refractivity contribution in [2.75, 3.05) is 85.2 Å². The van der Waals surface area contributed by atoms with Gasteiger partial charge in [-0.15, -0.1) is 34.0 Å². The van der Waals surface area contributed by atoms with Gasteiger partial charge in [0.2, 0.25) is 106 Å². The van der Waals surface area contributed by atoms with Crippen LogP contribution in [0.15, 0.2) is 95.3 Å². The largest absolute Gasteiger partial charge is 0.391 e. The number of nitrogens with two attached hydrogens (primary N) is 3. The minimum absolute atomic E-state index is 0.0000527. The summed E-state index contributed by atoms with van der Waals surface area (Å²) in [5, 5.41) is 73.7. The van der Waals surface area contributed by atoms with Gasteiger partial charge in [0.05, 0.1) is 83.3 Å². The van der Waals surface area contributed by atoms with Crippen molar-refractivity contribution in [2.24, 2.45) is 33.4 Å². The van der Waals surface area contributed by atoms with E-state index >= 15 is 0 Å². The van der Waals surface area contributed by atoms with E-state index in [1.807, 2.05) is 44.4 Å². The summed E-state index contributed by atoms with van der Waals surface area (Å²) in [6.07, 6.45) is -0.149. The standard InChI is InChI=1S/2C34H48N8O7S.C34H47N7O8S/c2*1-19-29(50-18-38-19)21-10-8-20(9-11-21)28-32(48)37-16-26(45)39-22(7-5-6-12-35)13-25(44)36-15-27(46)40-30(34(2,3)4)33(49)42-17-23(43)14-24(42)31(47)41-28;1-18-10-13-50-27(18)21-8-6-20(7-9-21)26-32(47)37-19(2)29(44)38-23(15-35)30(45)36-11-12-49-17-25(43)39-28(34(3,4)5)33(48)41-16-22(42)14-24(41)31(46)40-26/h2*8-11,18,22-24,28,30,43H,5-7,12-17,35H2,1-4H3,(H,36,44)(H,37,48)(H,39,45)(H,40,46)(H,41,47);6-10,13,19,22-24,26,28,42H,11-12,14-17,35H2,1-5H3,(H,36,45)(H,37,47)(H,38,44)(H,39,43)(H,40,46)/t22-,23-,24+,28+,30-;22-,23-,24+,28-,30-;19-,22+,23+,24-,26-,28+/m110/s1. The predicted molar refractivity (Wildman–Crippen MR) is 558 cm³/mol. The third kappa shape index (κ3) is 33.4. The first kappa shape index (κ1) is 119. The number of rotatable bonds is 15. The topological polar surface area (TPSA) is 671 Å². The number of thiophene rings is 1. The summed E-state index contributed by atoms with van der Waals surface area (Å²) < 4.78 is 5.40. The fourth-order valence-electron chi connectivity index (χ4n) is 17.9. The molecule has 0 saturated carbocycles. The van der Waals surface area contributed by atoms with Gasteiger partial charge in [-0.25, -0.2) is 9.97 Å². The van der Waals surface area contributed by atoms with Gasteiger partial charge in [-0.3, -0.25) is 86.3 Å². The summed E-state index contributed by atoms with van der Waals surface area (Å²) in [4.78, 5) is 257. The van der Waals surface area contributed by atoms with Gasteiger partial charge in [0.15, 0.2) is 0 Å². The molecule has 48 heteroatoms. The number of aliphatic hydroxyl groups excluding tert-OH is 3. The third-order valence-corrected chi connectivity index (χ3v) is 29.1. The first-order chi connectivity index (χ1) is 70.9. The Labute approximate surface area is 882 Å². The van der Waals surface area contributed by atoms with Gasteiger partial charge in [-0.1, -0.05) is 148 Å². The molecule has 16 atom stereocenters. The molecular formula is C102H143N23O22S3. The predicted octanol–water partition coefficient (Wildman–Crippen LogP) is -0.495. The molecule has 6 fully saturated rings. The van der Waals surface area contributed by atoms with Crippen molar-refractivity contribution in [3.05, 3.63) is 129 Å². The van der Waals surface area contributed by atoms with E-state index in [2.05, 4.69) is 89.7 Å². The number of carbonyl (C=O) groups is 18. The van der Waals surface area contributed by atoms with Crippen molar-refractivity contribution in [1.82, 2.24) is 104 Å². The van der Waals surface area contributed by atoms with Crippen LogP contribution in [-0.4, -0.2) is 310 Å². The van der Waals surface area contributed by atoms with E-state index in [0.29, 0.717) is 68.3 Å². The molecule has 6 aliphatic heterocycles. The molecule has 6 aliphatic rings. The second-order valence-corrected chi connectivity index (χ2v) is 43.9. The van der Waals surface area contributed by atoms with Crippen molar-refractivity contribution in [2.45, 2.75) is 257 Å². The minimum Gasteiger partial charge on any atom is -0.391 e. The number of amides is 18. The molecule has 9 heterocycles. The molecule has 150 heavy (non-hydrogen) atoms. The molecule has 45 nitrogen and oxygen atoms in total. The van der Waals surface area contributed by atoms with E-state index in [1.165, 1.54) is 44.3 Å². The van der Waals surface area contributed by atoms with Crippen LogP contribution in [-0.2, 0) is 91.0 Å². The minimum atomic E-state index is -1.32. The number of nitrogens with zero attached hydrogens (tertiary/aromatic N) is 5. The van der Waals surface area contributed by atoms with Crippen molar-refractivity contribution < 1.29 is 106 Å². The van der Waals surface area contributed by atoms with E-state index in [9.17, 15) is 102 Å². The number of hydrogen-bond donors (Lipinski definition) is 21. The molecule has 3 aromatic heterocycles. The number of fused-ring (bicyclic) bond motifs is 3.